The minimum Gasteiger partial charge on any atom is -0.493 e. The van der Waals surface area contributed by atoms with Crippen LogP contribution in [0, 0.1) is 10.1 Å². The number of hydrogen-bond acceptors (Lipinski definition) is 6. The zero-order valence-corrected chi connectivity index (χ0v) is 17.7. The third kappa shape index (κ3) is 4.68. The van der Waals surface area contributed by atoms with Gasteiger partial charge in [-0.15, -0.1) is 0 Å². The van der Waals surface area contributed by atoms with Crippen molar-refractivity contribution < 1.29 is 24.0 Å². The number of non-ortho nitro benzene ring substituents is 1. The van der Waals surface area contributed by atoms with Crippen LogP contribution < -0.4 is 10.1 Å². The Balaban J connectivity index is 1.88. The Kier molecular flexibility index (Phi) is 6.89. The van der Waals surface area contributed by atoms with Crippen LogP contribution in [-0.2, 0) is 14.9 Å². The number of nitro groups is 1. The van der Waals surface area contributed by atoms with E-state index < -0.39 is 16.3 Å². The Hall–Kier alpha value is -3.42. The fourth-order valence-electron chi connectivity index (χ4n) is 3.99. The third-order valence-corrected chi connectivity index (χ3v) is 5.63. The molecule has 31 heavy (non-hydrogen) atoms. The number of rotatable bonds is 8. The van der Waals surface area contributed by atoms with Gasteiger partial charge in [0, 0.05) is 17.8 Å². The van der Waals surface area contributed by atoms with Gasteiger partial charge in [0.05, 0.1) is 24.1 Å². The fourth-order valence-corrected chi connectivity index (χ4v) is 3.99. The largest absolute Gasteiger partial charge is 0.493 e. The van der Waals surface area contributed by atoms with Gasteiger partial charge in [-0.2, -0.15) is 0 Å². The van der Waals surface area contributed by atoms with Gasteiger partial charge >= 0.3 is 5.97 Å². The predicted molar refractivity (Wildman–Crippen MR) is 115 cm³/mol. The molecule has 1 aliphatic rings. The minimum atomic E-state index is -0.766. The summed E-state index contributed by atoms with van der Waals surface area (Å²) in [5, 5.41) is 13.9. The molecular formula is C23H26N2O6. The lowest BCUT2D eigenvalue weighted by molar-refractivity contribution is -0.384. The highest BCUT2D eigenvalue weighted by Crippen LogP contribution is 2.42. The molecule has 164 valence electrons. The number of nitrogens with one attached hydrogen (secondary N) is 1. The standard InChI is InChI=1S/C23H26N2O6/c1-3-14-31-20-11-8-17(15-19(20)21(26)30-2)24-22(27)23(12-4-5-13-23)16-6-9-18(10-7-16)25(28)29/h6-11,15H,3-5,12-14H2,1-2H3,(H,24,27). The van der Waals surface area contributed by atoms with E-state index in [1.165, 1.54) is 19.2 Å². The molecule has 1 aliphatic carbocycles. The van der Waals surface area contributed by atoms with E-state index in [0.717, 1.165) is 24.8 Å². The monoisotopic (exact) mass is 426 g/mol. The third-order valence-electron chi connectivity index (χ3n) is 5.63. The Morgan fingerprint density at radius 1 is 1.13 bits per heavy atom. The van der Waals surface area contributed by atoms with Crippen molar-refractivity contribution in [3.8, 4) is 5.75 Å². The molecule has 1 N–H and O–H groups in total. The highest BCUT2D eigenvalue weighted by atomic mass is 16.6. The van der Waals surface area contributed by atoms with E-state index >= 15 is 0 Å². The van der Waals surface area contributed by atoms with Gasteiger partial charge in [0.25, 0.3) is 5.69 Å². The first kappa shape index (κ1) is 22.3. The molecule has 8 nitrogen and oxygen atoms in total. The molecule has 0 heterocycles. The number of nitrogens with zero attached hydrogens (tertiary/aromatic N) is 1. The van der Waals surface area contributed by atoms with Crippen LogP contribution in [0.25, 0.3) is 0 Å². The lowest BCUT2D eigenvalue weighted by Gasteiger charge is -2.28. The normalized spacial score (nSPS) is 14.6. The lowest BCUT2D eigenvalue weighted by Crippen LogP contribution is -2.38. The average Bonchev–Trinajstić information content (AvgIpc) is 3.29. The number of methoxy groups -OCH3 is 1. The van der Waals surface area contributed by atoms with Gasteiger partial charge in [0.2, 0.25) is 5.91 Å². The molecule has 1 saturated carbocycles. The van der Waals surface area contributed by atoms with Gasteiger partial charge < -0.3 is 14.8 Å². The molecule has 2 aromatic carbocycles. The lowest BCUT2D eigenvalue weighted by atomic mass is 9.78. The van der Waals surface area contributed by atoms with Crippen LogP contribution in [0.1, 0.15) is 54.9 Å². The van der Waals surface area contributed by atoms with Crippen LogP contribution in [-0.4, -0.2) is 30.5 Å². The van der Waals surface area contributed by atoms with Crippen molar-refractivity contribution in [3.05, 3.63) is 63.7 Å². The van der Waals surface area contributed by atoms with Crippen molar-refractivity contribution in [2.24, 2.45) is 0 Å². The van der Waals surface area contributed by atoms with E-state index in [2.05, 4.69) is 5.32 Å². The Morgan fingerprint density at radius 3 is 2.39 bits per heavy atom. The van der Waals surface area contributed by atoms with E-state index in [1.54, 1.807) is 30.3 Å². The van der Waals surface area contributed by atoms with E-state index in [9.17, 15) is 19.7 Å². The predicted octanol–water partition coefficient (Wildman–Crippen LogP) is 4.62. The molecule has 1 amide bonds. The number of anilines is 1. The van der Waals surface area contributed by atoms with Crippen LogP contribution in [0.15, 0.2) is 42.5 Å². The van der Waals surface area contributed by atoms with Crippen molar-refractivity contribution in [2.75, 3.05) is 19.0 Å². The number of ether oxygens (including phenoxy) is 2. The van der Waals surface area contributed by atoms with Gasteiger partial charge in [0.15, 0.2) is 0 Å². The zero-order chi connectivity index (χ0) is 22.4. The topological polar surface area (TPSA) is 108 Å². The van der Waals surface area contributed by atoms with Crippen molar-refractivity contribution in [2.45, 2.75) is 44.4 Å². The number of carbonyl (C=O) groups is 2. The molecular weight excluding hydrogens is 400 g/mol. The maximum Gasteiger partial charge on any atom is 0.341 e. The second-order valence-electron chi connectivity index (χ2n) is 7.60. The van der Waals surface area contributed by atoms with Crippen LogP contribution in [0.3, 0.4) is 0 Å². The van der Waals surface area contributed by atoms with Gasteiger partial charge in [0.1, 0.15) is 11.3 Å². The second-order valence-corrected chi connectivity index (χ2v) is 7.60. The number of esters is 1. The number of amides is 1. The van der Waals surface area contributed by atoms with Crippen molar-refractivity contribution in [1.29, 1.82) is 0 Å². The maximum atomic E-state index is 13.4. The molecule has 0 aliphatic heterocycles. The molecule has 0 spiro atoms. The van der Waals surface area contributed by atoms with Gasteiger partial charge in [-0.1, -0.05) is 31.9 Å². The summed E-state index contributed by atoms with van der Waals surface area (Å²) in [7, 11) is 1.29. The van der Waals surface area contributed by atoms with Crippen molar-refractivity contribution in [1.82, 2.24) is 0 Å². The Morgan fingerprint density at radius 2 is 1.81 bits per heavy atom. The summed E-state index contributed by atoms with van der Waals surface area (Å²) in [6.45, 7) is 2.42. The summed E-state index contributed by atoms with van der Waals surface area (Å²) in [5.74, 6) is -0.345. The Labute approximate surface area is 180 Å². The first-order valence-corrected chi connectivity index (χ1v) is 10.3. The number of nitro benzene ring substituents is 1. The smallest absolute Gasteiger partial charge is 0.341 e. The SMILES string of the molecule is CCCOc1ccc(NC(=O)C2(c3ccc([N+](=O)[O-])cc3)CCCC2)cc1C(=O)OC. The van der Waals surface area contributed by atoms with Gasteiger partial charge in [-0.25, -0.2) is 4.79 Å². The number of benzene rings is 2. The molecule has 0 saturated heterocycles. The molecule has 1 fully saturated rings. The van der Waals surface area contributed by atoms with Crippen LogP contribution in [0.4, 0.5) is 11.4 Å². The maximum absolute atomic E-state index is 13.4. The minimum absolute atomic E-state index is 0.0114. The van der Waals surface area contributed by atoms with Gasteiger partial charge in [-0.05, 0) is 43.0 Å². The van der Waals surface area contributed by atoms with Crippen LogP contribution in [0.5, 0.6) is 5.75 Å². The molecule has 0 unspecified atom stereocenters. The molecule has 8 heteroatoms. The molecule has 2 aromatic rings. The quantitative estimate of drug-likeness (QED) is 0.375. The molecule has 3 rings (SSSR count). The first-order valence-electron chi connectivity index (χ1n) is 10.3. The summed E-state index contributed by atoms with van der Waals surface area (Å²) < 4.78 is 10.5. The molecule has 0 atom stereocenters. The summed E-state index contributed by atoms with van der Waals surface area (Å²) >= 11 is 0. The molecule has 0 bridgehead atoms. The highest BCUT2D eigenvalue weighted by Gasteiger charge is 2.43. The van der Waals surface area contributed by atoms with E-state index in [0.29, 0.717) is 30.9 Å². The summed E-state index contributed by atoms with van der Waals surface area (Å²) in [4.78, 5) is 36.1. The number of carbonyl (C=O) groups excluding carboxylic acids is 2. The summed E-state index contributed by atoms with van der Waals surface area (Å²) in [6, 6.07) is 11.1. The molecule has 0 aromatic heterocycles. The van der Waals surface area contributed by atoms with Crippen LogP contribution in [0.2, 0.25) is 0 Å². The average molecular weight is 426 g/mol. The van der Waals surface area contributed by atoms with E-state index in [1.807, 2.05) is 6.92 Å². The Bertz CT molecular complexity index is 965. The summed E-state index contributed by atoms with van der Waals surface area (Å²) in [6.07, 6.45) is 3.87. The highest BCUT2D eigenvalue weighted by molar-refractivity contribution is 6.01. The van der Waals surface area contributed by atoms with E-state index in [-0.39, 0.29) is 17.2 Å². The summed E-state index contributed by atoms with van der Waals surface area (Å²) in [5.41, 5.74) is 0.677. The zero-order valence-electron chi connectivity index (χ0n) is 17.7. The second kappa shape index (κ2) is 9.59. The fraction of sp³-hybridized carbons (Fsp3) is 0.391. The van der Waals surface area contributed by atoms with Crippen molar-refractivity contribution in [3.63, 3.8) is 0 Å². The van der Waals surface area contributed by atoms with Crippen molar-refractivity contribution >= 4 is 23.3 Å². The molecule has 0 radical (unpaired) electrons. The number of hydrogen-bond donors (Lipinski definition) is 1. The first-order chi connectivity index (χ1) is 14.9. The van der Waals surface area contributed by atoms with E-state index in [4.69, 9.17) is 9.47 Å². The van der Waals surface area contributed by atoms with Gasteiger partial charge in [-0.3, -0.25) is 14.9 Å². The van der Waals surface area contributed by atoms with Crippen LogP contribution >= 0.6 is 0 Å².